The van der Waals surface area contributed by atoms with Crippen molar-refractivity contribution in [2.45, 2.75) is 62.8 Å². The lowest BCUT2D eigenvalue weighted by Gasteiger charge is -2.38. The minimum atomic E-state index is -3.71. The van der Waals surface area contributed by atoms with Gasteiger partial charge in [-0.25, -0.2) is 8.42 Å². The van der Waals surface area contributed by atoms with Crippen molar-refractivity contribution >= 4 is 15.7 Å². The van der Waals surface area contributed by atoms with Crippen molar-refractivity contribution in [3.63, 3.8) is 0 Å². The van der Waals surface area contributed by atoms with Gasteiger partial charge in [0.25, 0.3) is 5.69 Å². The van der Waals surface area contributed by atoms with Crippen LogP contribution < -0.4 is 0 Å². The van der Waals surface area contributed by atoms with Crippen LogP contribution in [0.3, 0.4) is 0 Å². The van der Waals surface area contributed by atoms with Gasteiger partial charge in [0.05, 0.1) is 15.9 Å². The lowest BCUT2D eigenvalue weighted by atomic mass is 9.86. The average Bonchev–Trinajstić information content (AvgIpc) is 3.00. The molecule has 8 heteroatoms. The lowest BCUT2D eigenvalue weighted by Crippen LogP contribution is -2.38. The number of nitro benzene ring substituents is 1. The number of hydrogen-bond donors (Lipinski definition) is 0. The van der Waals surface area contributed by atoms with Crippen molar-refractivity contribution in [2.24, 2.45) is 11.8 Å². The number of hydrogen-bond acceptors (Lipinski definition) is 5. The molecule has 0 radical (unpaired) electrons. The van der Waals surface area contributed by atoms with Gasteiger partial charge < -0.3 is 0 Å². The number of non-ortho nitro benzene ring substituents is 1. The highest BCUT2D eigenvalue weighted by Gasteiger charge is 2.31. The second-order valence-corrected chi connectivity index (χ2v) is 13.7. The third-order valence-electron chi connectivity index (χ3n) is 8.99. The molecule has 2 fully saturated rings. The Hall–Kier alpha value is -3.07. The molecule has 5 rings (SSSR count). The number of sulfonamides is 1. The minimum absolute atomic E-state index is 0.00775. The van der Waals surface area contributed by atoms with E-state index in [0.717, 1.165) is 44.3 Å². The van der Waals surface area contributed by atoms with Crippen LogP contribution in [-0.4, -0.2) is 48.7 Å². The van der Waals surface area contributed by atoms with Crippen molar-refractivity contribution in [2.75, 3.05) is 26.2 Å². The first kappa shape index (κ1) is 29.4. The highest BCUT2D eigenvalue weighted by Crippen LogP contribution is 2.35. The Morgan fingerprint density at radius 1 is 0.805 bits per heavy atom. The molecule has 2 heterocycles. The Kier molecular flexibility index (Phi) is 9.53. The molecule has 7 nitrogen and oxygen atoms in total. The molecule has 41 heavy (non-hydrogen) atoms. The van der Waals surface area contributed by atoms with Crippen molar-refractivity contribution in [1.82, 2.24) is 9.21 Å². The summed E-state index contributed by atoms with van der Waals surface area (Å²) in [6.45, 7) is 5.30. The maximum atomic E-state index is 13.1. The molecule has 218 valence electrons. The minimum Gasteiger partial charge on any atom is -0.292 e. The van der Waals surface area contributed by atoms with Crippen molar-refractivity contribution in [3.05, 3.63) is 106 Å². The number of likely N-dealkylation sites (tertiary alicyclic amines) is 1. The smallest absolute Gasteiger partial charge is 0.270 e. The summed E-state index contributed by atoms with van der Waals surface area (Å²) in [4.78, 5) is 13.2. The number of nitro groups is 1. The van der Waals surface area contributed by atoms with E-state index in [1.165, 1.54) is 64.9 Å². The van der Waals surface area contributed by atoms with Crippen LogP contribution in [0.1, 0.15) is 67.7 Å². The van der Waals surface area contributed by atoms with E-state index in [9.17, 15) is 18.5 Å². The highest BCUT2D eigenvalue weighted by molar-refractivity contribution is 7.89. The summed E-state index contributed by atoms with van der Waals surface area (Å²) in [5, 5.41) is 11.1. The van der Waals surface area contributed by atoms with E-state index in [-0.39, 0.29) is 10.6 Å². The standard InChI is InChI=1S/C33H41N3O4S/c1-26-13-15-30(16-14-26)33(29-9-3-2-4-10-29)34-21-17-27(18-22-34)7-5-8-28-19-23-35(24-20-28)41(39,40)32-12-6-11-31(25-32)36(37)38/h2-4,6,9-16,25,27-28,33H,5,7-8,17-24H2,1H3. The monoisotopic (exact) mass is 575 g/mol. The molecule has 0 saturated carbocycles. The van der Waals surface area contributed by atoms with Crippen molar-refractivity contribution in [3.8, 4) is 0 Å². The number of rotatable bonds is 10. The predicted octanol–water partition coefficient (Wildman–Crippen LogP) is 6.98. The van der Waals surface area contributed by atoms with Crippen LogP contribution in [0.2, 0.25) is 0 Å². The van der Waals surface area contributed by atoms with Crippen LogP contribution in [0, 0.1) is 28.9 Å². The van der Waals surface area contributed by atoms with Gasteiger partial charge in [0.15, 0.2) is 0 Å². The maximum absolute atomic E-state index is 13.1. The largest absolute Gasteiger partial charge is 0.292 e. The zero-order chi connectivity index (χ0) is 28.8. The molecular formula is C33H41N3O4S. The molecule has 1 unspecified atom stereocenters. The van der Waals surface area contributed by atoms with Gasteiger partial charge in [-0.3, -0.25) is 15.0 Å². The summed E-state index contributed by atoms with van der Waals surface area (Å²) in [6, 6.07) is 25.5. The summed E-state index contributed by atoms with van der Waals surface area (Å²) < 4.78 is 27.6. The molecule has 0 aliphatic carbocycles. The molecule has 0 spiro atoms. The van der Waals surface area contributed by atoms with Crippen LogP contribution in [-0.2, 0) is 10.0 Å². The van der Waals surface area contributed by atoms with E-state index < -0.39 is 14.9 Å². The van der Waals surface area contributed by atoms with Crippen LogP contribution in [0.5, 0.6) is 0 Å². The van der Waals surface area contributed by atoms with Crippen LogP contribution in [0.25, 0.3) is 0 Å². The van der Waals surface area contributed by atoms with Gasteiger partial charge in [-0.05, 0) is 74.7 Å². The van der Waals surface area contributed by atoms with E-state index in [1.54, 1.807) is 0 Å². The zero-order valence-electron chi connectivity index (χ0n) is 23.9. The van der Waals surface area contributed by atoms with Crippen LogP contribution in [0.4, 0.5) is 5.69 Å². The number of nitrogens with zero attached hydrogens (tertiary/aromatic N) is 3. The number of benzene rings is 3. The summed E-state index contributed by atoms with van der Waals surface area (Å²) in [5.74, 6) is 1.28. The molecule has 3 aromatic carbocycles. The molecule has 2 aliphatic rings. The van der Waals surface area contributed by atoms with Crippen LogP contribution in [0.15, 0.2) is 83.8 Å². The molecule has 1 atom stereocenters. The van der Waals surface area contributed by atoms with E-state index in [4.69, 9.17) is 0 Å². The fourth-order valence-electron chi connectivity index (χ4n) is 6.54. The van der Waals surface area contributed by atoms with E-state index >= 15 is 0 Å². The molecule has 0 N–H and O–H groups in total. The molecule has 0 bridgehead atoms. The topological polar surface area (TPSA) is 83.8 Å². The second kappa shape index (κ2) is 13.3. The SMILES string of the molecule is Cc1ccc(C(c2ccccc2)N2CCC(CCCC3CCN(S(=O)(=O)c4cccc([N+](=O)[O-])c4)CC3)CC2)cc1. The Balaban J connectivity index is 1.08. The lowest BCUT2D eigenvalue weighted by molar-refractivity contribution is -0.385. The molecule has 2 aliphatic heterocycles. The quantitative estimate of drug-likeness (QED) is 0.192. The first-order chi connectivity index (χ1) is 19.8. The first-order valence-corrected chi connectivity index (χ1v) is 16.4. The summed E-state index contributed by atoms with van der Waals surface area (Å²) in [5.41, 5.74) is 3.80. The zero-order valence-corrected chi connectivity index (χ0v) is 24.7. The third kappa shape index (κ3) is 7.23. The van der Waals surface area contributed by atoms with Gasteiger partial charge in [-0.15, -0.1) is 0 Å². The van der Waals surface area contributed by atoms with E-state index in [0.29, 0.717) is 25.0 Å². The van der Waals surface area contributed by atoms with E-state index in [2.05, 4.69) is 66.4 Å². The molecule has 0 aromatic heterocycles. The number of aryl methyl sites for hydroxylation is 1. The van der Waals surface area contributed by atoms with Gasteiger partial charge in [0, 0.05) is 25.2 Å². The fourth-order valence-corrected chi connectivity index (χ4v) is 8.05. The Bertz CT molecular complexity index is 1400. The molecular weight excluding hydrogens is 534 g/mol. The van der Waals surface area contributed by atoms with Gasteiger partial charge in [-0.1, -0.05) is 85.5 Å². The predicted molar refractivity (Wildman–Crippen MR) is 162 cm³/mol. The van der Waals surface area contributed by atoms with Gasteiger partial charge >= 0.3 is 0 Å². The molecule has 2 saturated heterocycles. The second-order valence-electron chi connectivity index (χ2n) is 11.7. The van der Waals surface area contributed by atoms with E-state index in [1.807, 2.05) is 0 Å². The maximum Gasteiger partial charge on any atom is 0.270 e. The normalized spacial score (nSPS) is 18.8. The van der Waals surface area contributed by atoms with Gasteiger partial charge in [0.2, 0.25) is 10.0 Å². The third-order valence-corrected chi connectivity index (χ3v) is 10.9. The average molecular weight is 576 g/mol. The van der Waals surface area contributed by atoms with Crippen molar-refractivity contribution in [1.29, 1.82) is 0 Å². The molecule has 0 amide bonds. The summed E-state index contributed by atoms with van der Waals surface area (Å²) >= 11 is 0. The number of piperidine rings is 2. The Morgan fingerprint density at radius 2 is 1.39 bits per heavy atom. The van der Waals surface area contributed by atoms with Gasteiger partial charge in [-0.2, -0.15) is 4.31 Å². The fraction of sp³-hybridized carbons (Fsp3) is 0.455. The van der Waals surface area contributed by atoms with Crippen LogP contribution >= 0.6 is 0 Å². The molecule has 3 aromatic rings. The Labute approximate surface area is 244 Å². The van der Waals surface area contributed by atoms with Gasteiger partial charge in [0.1, 0.15) is 0 Å². The summed E-state index contributed by atoms with van der Waals surface area (Å²) in [7, 11) is -3.71. The van der Waals surface area contributed by atoms with Crippen molar-refractivity contribution < 1.29 is 13.3 Å². The highest BCUT2D eigenvalue weighted by atomic mass is 32.2. The Morgan fingerprint density at radius 3 is 2.00 bits per heavy atom. The summed E-state index contributed by atoms with van der Waals surface area (Å²) in [6.07, 6.45) is 7.70. The first-order valence-electron chi connectivity index (χ1n) is 14.9.